The summed E-state index contributed by atoms with van der Waals surface area (Å²) in [5.74, 6) is 1.67. The number of benzene rings is 2. The Hall–Kier alpha value is -2.00. The summed E-state index contributed by atoms with van der Waals surface area (Å²) in [6, 6.07) is 15.3. The number of aryl methyl sites for hydroxylation is 1. The molecule has 110 valence electrons. The first-order valence-corrected chi connectivity index (χ1v) is 7.35. The number of hydrogen-bond acceptors (Lipinski definition) is 3. The van der Waals surface area contributed by atoms with E-state index in [9.17, 15) is 0 Å². The molecule has 3 rings (SSSR count). The second-order valence-corrected chi connectivity index (χ2v) is 5.64. The molecule has 0 aliphatic carbocycles. The predicted molar refractivity (Wildman–Crippen MR) is 83.7 cm³/mol. The van der Waals surface area contributed by atoms with Crippen LogP contribution >= 0.6 is 0 Å². The normalized spacial score (nSPS) is 15.8. The number of nitrogens with one attached hydrogen (secondary N) is 1. The molecule has 0 radical (unpaired) electrons. The zero-order valence-electron chi connectivity index (χ0n) is 12.7. The van der Waals surface area contributed by atoms with Gasteiger partial charge in [0.1, 0.15) is 0 Å². The molecule has 3 heteroatoms. The summed E-state index contributed by atoms with van der Waals surface area (Å²) < 4.78 is 10.8. The monoisotopic (exact) mass is 283 g/mol. The fourth-order valence-electron chi connectivity index (χ4n) is 2.69. The lowest BCUT2D eigenvalue weighted by molar-refractivity contribution is 0.174. The maximum Gasteiger partial charge on any atom is 0.231 e. The molecule has 0 saturated heterocycles. The summed E-state index contributed by atoms with van der Waals surface area (Å²) in [6.45, 7) is 6.81. The second kappa shape index (κ2) is 5.78. The van der Waals surface area contributed by atoms with Gasteiger partial charge in [0.2, 0.25) is 6.79 Å². The van der Waals surface area contributed by atoms with E-state index < -0.39 is 0 Å². The molecule has 1 heterocycles. The molecule has 0 aromatic heterocycles. The van der Waals surface area contributed by atoms with Gasteiger partial charge in [-0.1, -0.05) is 35.9 Å². The molecule has 1 N–H and O–H groups in total. The lowest BCUT2D eigenvalue weighted by atomic mass is 10.0. The third-order valence-corrected chi connectivity index (χ3v) is 3.94. The summed E-state index contributed by atoms with van der Waals surface area (Å²) in [5, 5.41) is 3.63. The minimum atomic E-state index is 0.245. The Kier molecular flexibility index (Phi) is 3.84. The molecule has 2 aromatic rings. The van der Waals surface area contributed by atoms with Crippen molar-refractivity contribution in [1.82, 2.24) is 5.32 Å². The van der Waals surface area contributed by atoms with E-state index in [0.717, 1.165) is 11.5 Å². The minimum absolute atomic E-state index is 0.245. The molecule has 2 aromatic carbocycles. The molecule has 0 saturated carbocycles. The van der Waals surface area contributed by atoms with E-state index in [4.69, 9.17) is 9.47 Å². The molecule has 1 aliphatic heterocycles. The van der Waals surface area contributed by atoms with E-state index >= 15 is 0 Å². The quantitative estimate of drug-likeness (QED) is 0.915. The van der Waals surface area contributed by atoms with Crippen LogP contribution in [0, 0.1) is 6.92 Å². The van der Waals surface area contributed by atoms with Crippen LogP contribution in [0.15, 0.2) is 42.5 Å². The van der Waals surface area contributed by atoms with Gasteiger partial charge >= 0.3 is 0 Å². The molecular weight excluding hydrogens is 262 g/mol. The van der Waals surface area contributed by atoms with Gasteiger partial charge in [-0.3, -0.25) is 0 Å². The van der Waals surface area contributed by atoms with Crippen LogP contribution in [0.2, 0.25) is 0 Å². The number of hydrogen-bond donors (Lipinski definition) is 1. The number of fused-ring (bicyclic) bond motifs is 1. The predicted octanol–water partition coefficient (Wildman–Crippen LogP) is 4.14. The van der Waals surface area contributed by atoms with Gasteiger partial charge in [-0.2, -0.15) is 0 Å². The van der Waals surface area contributed by atoms with Gasteiger partial charge in [0.15, 0.2) is 11.5 Å². The fourth-order valence-corrected chi connectivity index (χ4v) is 2.69. The molecule has 0 bridgehead atoms. The zero-order valence-corrected chi connectivity index (χ0v) is 12.7. The first-order valence-electron chi connectivity index (χ1n) is 7.35. The van der Waals surface area contributed by atoms with Gasteiger partial charge in [-0.15, -0.1) is 0 Å². The van der Waals surface area contributed by atoms with Gasteiger partial charge in [-0.05, 0) is 44.0 Å². The van der Waals surface area contributed by atoms with Crippen molar-refractivity contribution < 1.29 is 9.47 Å². The highest BCUT2D eigenvalue weighted by molar-refractivity contribution is 5.45. The van der Waals surface area contributed by atoms with Crippen LogP contribution in [0.4, 0.5) is 0 Å². The number of ether oxygens (including phenoxy) is 2. The van der Waals surface area contributed by atoms with E-state index in [2.05, 4.69) is 62.5 Å². The lowest BCUT2D eigenvalue weighted by Gasteiger charge is -2.21. The van der Waals surface area contributed by atoms with E-state index in [1.165, 1.54) is 16.7 Å². The Bertz CT molecular complexity index is 639. The van der Waals surface area contributed by atoms with Gasteiger partial charge in [-0.25, -0.2) is 0 Å². The Morgan fingerprint density at radius 3 is 2.38 bits per heavy atom. The van der Waals surface area contributed by atoms with Crippen molar-refractivity contribution in [3.63, 3.8) is 0 Å². The van der Waals surface area contributed by atoms with Crippen molar-refractivity contribution in [3.8, 4) is 11.5 Å². The Morgan fingerprint density at radius 1 is 0.905 bits per heavy atom. The largest absolute Gasteiger partial charge is 0.454 e. The Balaban J connectivity index is 1.72. The first-order chi connectivity index (χ1) is 10.1. The Labute approximate surface area is 125 Å². The second-order valence-electron chi connectivity index (χ2n) is 5.64. The highest BCUT2D eigenvalue weighted by Crippen LogP contribution is 2.34. The smallest absolute Gasteiger partial charge is 0.231 e. The van der Waals surface area contributed by atoms with Crippen molar-refractivity contribution in [2.24, 2.45) is 0 Å². The van der Waals surface area contributed by atoms with Crippen molar-refractivity contribution in [2.75, 3.05) is 6.79 Å². The van der Waals surface area contributed by atoms with Crippen molar-refractivity contribution in [2.45, 2.75) is 32.9 Å². The van der Waals surface area contributed by atoms with Gasteiger partial charge in [0.05, 0.1) is 0 Å². The molecule has 2 atom stereocenters. The molecule has 1 unspecified atom stereocenters. The maximum atomic E-state index is 5.44. The van der Waals surface area contributed by atoms with Crippen LogP contribution in [-0.4, -0.2) is 6.79 Å². The van der Waals surface area contributed by atoms with Gasteiger partial charge in [0, 0.05) is 12.1 Å². The SMILES string of the molecule is Cc1cccc([C@H](C)NC(C)c2ccc3c(c2)OCO3)c1. The average Bonchev–Trinajstić information content (AvgIpc) is 2.94. The third kappa shape index (κ3) is 3.03. The van der Waals surface area contributed by atoms with E-state index in [0.29, 0.717) is 12.8 Å². The van der Waals surface area contributed by atoms with E-state index in [1.807, 2.05) is 6.07 Å². The topological polar surface area (TPSA) is 30.5 Å². The maximum absolute atomic E-state index is 5.44. The van der Waals surface area contributed by atoms with Crippen LogP contribution < -0.4 is 14.8 Å². The van der Waals surface area contributed by atoms with Gasteiger partial charge in [0.25, 0.3) is 0 Å². The zero-order chi connectivity index (χ0) is 14.8. The summed E-state index contributed by atoms with van der Waals surface area (Å²) in [4.78, 5) is 0. The first kappa shape index (κ1) is 14.0. The molecule has 1 aliphatic rings. The van der Waals surface area contributed by atoms with Crippen molar-refractivity contribution >= 4 is 0 Å². The lowest BCUT2D eigenvalue weighted by Crippen LogP contribution is -2.22. The third-order valence-electron chi connectivity index (χ3n) is 3.94. The minimum Gasteiger partial charge on any atom is -0.454 e. The van der Waals surface area contributed by atoms with Crippen LogP contribution in [0.25, 0.3) is 0 Å². The molecular formula is C18H21NO2. The molecule has 3 nitrogen and oxygen atoms in total. The molecule has 21 heavy (non-hydrogen) atoms. The van der Waals surface area contributed by atoms with Crippen LogP contribution in [-0.2, 0) is 0 Å². The van der Waals surface area contributed by atoms with Crippen LogP contribution in [0.1, 0.15) is 42.6 Å². The van der Waals surface area contributed by atoms with Crippen LogP contribution in [0.5, 0.6) is 11.5 Å². The summed E-state index contributed by atoms with van der Waals surface area (Å²) >= 11 is 0. The molecule has 0 spiro atoms. The van der Waals surface area contributed by atoms with Crippen molar-refractivity contribution in [3.05, 3.63) is 59.2 Å². The highest BCUT2D eigenvalue weighted by Gasteiger charge is 2.17. The summed E-state index contributed by atoms with van der Waals surface area (Å²) in [5.41, 5.74) is 3.80. The molecule has 0 fully saturated rings. The number of rotatable bonds is 4. The average molecular weight is 283 g/mol. The highest BCUT2D eigenvalue weighted by atomic mass is 16.7. The molecule has 0 amide bonds. The fraction of sp³-hybridized carbons (Fsp3) is 0.333. The standard InChI is InChI=1S/C18H21NO2/c1-12-5-4-6-15(9-12)13(2)19-14(3)16-7-8-17-18(10-16)21-11-20-17/h4-10,13-14,19H,11H2,1-3H3/t13-,14?/m0/s1. The summed E-state index contributed by atoms with van der Waals surface area (Å²) in [6.07, 6.45) is 0. The summed E-state index contributed by atoms with van der Waals surface area (Å²) in [7, 11) is 0. The van der Waals surface area contributed by atoms with E-state index in [-0.39, 0.29) is 6.04 Å². The van der Waals surface area contributed by atoms with E-state index in [1.54, 1.807) is 0 Å². The van der Waals surface area contributed by atoms with Crippen LogP contribution in [0.3, 0.4) is 0 Å². The Morgan fingerprint density at radius 2 is 1.62 bits per heavy atom. The van der Waals surface area contributed by atoms with Crippen molar-refractivity contribution in [1.29, 1.82) is 0 Å². The van der Waals surface area contributed by atoms with Gasteiger partial charge < -0.3 is 14.8 Å².